The summed E-state index contributed by atoms with van der Waals surface area (Å²) in [5.41, 5.74) is 6.08. The Morgan fingerprint density at radius 3 is 2.37 bits per heavy atom. The van der Waals surface area contributed by atoms with Gasteiger partial charge in [0.15, 0.2) is 6.61 Å². The number of carbonyl (C=O) groups is 2. The number of rotatable bonds is 5. The zero-order valence-electron chi connectivity index (χ0n) is 11.3. The zero-order chi connectivity index (χ0) is 14.4. The topological polar surface area (TPSA) is 84.7 Å². The molecule has 19 heavy (non-hydrogen) atoms. The van der Waals surface area contributed by atoms with Gasteiger partial charge in [0, 0.05) is 19.8 Å². The van der Waals surface area contributed by atoms with Crippen LogP contribution in [-0.4, -0.2) is 43.5 Å². The van der Waals surface area contributed by atoms with Crippen molar-refractivity contribution >= 4 is 17.5 Å². The smallest absolute Gasteiger partial charge is 0.259 e. The third-order valence-corrected chi connectivity index (χ3v) is 2.40. The van der Waals surface area contributed by atoms with Crippen molar-refractivity contribution in [2.75, 3.05) is 26.0 Å². The molecule has 1 aromatic rings. The van der Waals surface area contributed by atoms with E-state index in [4.69, 9.17) is 10.5 Å². The van der Waals surface area contributed by atoms with E-state index >= 15 is 0 Å². The first-order chi connectivity index (χ1) is 8.90. The average molecular weight is 265 g/mol. The lowest BCUT2D eigenvalue weighted by molar-refractivity contribution is -0.130. The van der Waals surface area contributed by atoms with Gasteiger partial charge in [-0.15, -0.1) is 0 Å². The van der Waals surface area contributed by atoms with Crippen molar-refractivity contribution in [3.05, 3.63) is 24.3 Å². The molecule has 104 valence electrons. The molecule has 0 unspecified atom stereocenters. The monoisotopic (exact) mass is 265 g/mol. The van der Waals surface area contributed by atoms with Gasteiger partial charge in [0.1, 0.15) is 5.75 Å². The molecule has 0 fully saturated rings. The highest BCUT2D eigenvalue weighted by Crippen LogP contribution is 2.15. The van der Waals surface area contributed by atoms with E-state index in [-0.39, 0.29) is 18.4 Å². The van der Waals surface area contributed by atoms with Crippen molar-refractivity contribution in [3.8, 4) is 5.75 Å². The van der Waals surface area contributed by atoms with Crippen molar-refractivity contribution in [3.63, 3.8) is 0 Å². The highest BCUT2D eigenvalue weighted by Gasteiger charge is 2.08. The maximum atomic E-state index is 11.4. The van der Waals surface area contributed by atoms with Crippen molar-refractivity contribution in [2.45, 2.75) is 13.0 Å². The standard InChI is InChI=1S/C13H19N3O3/c1-9(14)13(18)15-10-4-6-11(7-5-10)19-8-12(17)16(2)3/h4-7,9H,8,14H2,1-3H3,(H,15,18)/t9-/m0/s1. The lowest BCUT2D eigenvalue weighted by atomic mass is 10.2. The molecule has 0 heterocycles. The van der Waals surface area contributed by atoms with E-state index in [0.717, 1.165) is 0 Å². The summed E-state index contributed by atoms with van der Waals surface area (Å²) in [4.78, 5) is 24.2. The van der Waals surface area contributed by atoms with Gasteiger partial charge < -0.3 is 20.7 Å². The Labute approximate surface area is 112 Å². The first kappa shape index (κ1) is 15.0. The highest BCUT2D eigenvalue weighted by atomic mass is 16.5. The summed E-state index contributed by atoms with van der Waals surface area (Å²) < 4.78 is 5.31. The summed E-state index contributed by atoms with van der Waals surface area (Å²) in [5.74, 6) is 0.194. The van der Waals surface area contributed by atoms with Crippen LogP contribution in [0.5, 0.6) is 5.75 Å². The zero-order valence-corrected chi connectivity index (χ0v) is 11.3. The summed E-state index contributed by atoms with van der Waals surface area (Å²) in [6.07, 6.45) is 0. The van der Waals surface area contributed by atoms with Gasteiger partial charge in [-0.2, -0.15) is 0 Å². The number of anilines is 1. The number of hydrogen-bond donors (Lipinski definition) is 2. The number of benzene rings is 1. The lowest BCUT2D eigenvalue weighted by Crippen LogP contribution is -2.32. The van der Waals surface area contributed by atoms with E-state index < -0.39 is 6.04 Å². The van der Waals surface area contributed by atoms with Crippen LogP contribution in [0.4, 0.5) is 5.69 Å². The minimum atomic E-state index is -0.561. The van der Waals surface area contributed by atoms with Crippen LogP contribution in [0.1, 0.15) is 6.92 Å². The fourth-order valence-electron chi connectivity index (χ4n) is 1.16. The maximum absolute atomic E-state index is 11.4. The molecule has 1 rings (SSSR count). The van der Waals surface area contributed by atoms with Gasteiger partial charge in [0.05, 0.1) is 6.04 Å². The van der Waals surface area contributed by atoms with Crippen LogP contribution in [0.2, 0.25) is 0 Å². The van der Waals surface area contributed by atoms with Crippen LogP contribution in [0, 0.1) is 0 Å². The van der Waals surface area contributed by atoms with Crippen LogP contribution in [-0.2, 0) is 9.59 Å². The number of ether oxygens (including phenoxy) is 1. The SMILES string of the molecule is C[C@H](N)C(=O)Nc1ccc(OCC(=O)N(C)C)cc1. The van der Waals surface area contributed by atoms with E-state index in [1.807, 2.05) is 0 Å². The largest absolute Gasteiger partial charge is 0.484 e. The summed E-state index contributed by atoms with van der Waals surface area (Å²) in [5, 5.41) is 2.66. The number of likely N-dealkylation sites (N-methyl/N-ethyl adjacent to an activating group) is 1. The van der Waals surface area contributed by atoms with Crippen LogP contribution >= 0.6 is 0 Å². The molecule has 6 nitrogen and oxygen atoms in total. The normalized spacial score (nSPS) is 11.6. The van der Waals surface area contributed by atoms with Gasteiger partial charge in [0.25, 0.3) is 5.91 Å². The minimum absolute atomic E-state index is 0.0153. The third-order valence-electron chi connectivity index (χ3n) is 2.40. The molecule has 0 aliphatic heterocycles. The van der Waals surface area contributed by atoms with E-state index in [1.54, 1.807) is 45.3 Å². The van der Waals surface area contributed by atoms with Crippen LogP contribution in [0.25, 0.3) is 0 Å². The molecule has 0 saturated heterocycles. The Morgan fingerprint density at radius 2 is 1.89 bits per heavy atom. The molecule has 0 saturated carbocycles. The molecule has 0 aromatic heterocycles. The molecule has 3 N–H and O–H groups in total. The molecule has 6 heteroatoms. The number of nitrogens with one attached hydrogen (secondary N) is 1. The first-order valence-electron chi connectivity index (χ1n) is 5.89. The number of carbonyl (C=O) groups excluding carboxylic acids is 2. The van der Waals surface area contributed by atoms with E-state index in [1.165, 1.54) is 4.90 Å². The Hall–Kier alpha value is -2.08. The van der Waals surface area contributed by atoms with Crippen LogP contribution in [0.15, 0.2) is 24.3 Å². The van der Waals surface area contributed by atoms with Gasteiger partial charge in [-0.3, -0.25) is 9.59 Å². The van der Waals surface area contributed by atoms with Crippen molar-refractivity contribution in [1.29, 1.82) is 0 Å². The van der Waals surface area contributed by atoms with Gasteiger partial charge in [0.2, 0.25) is 5.91 Å². The fraction of sp³-hybridized carbons (Fsp3) is 0.385. The van der Waals surface area contributed by atoms with Gasteiger partial charge in [-0.05, 0) is 31.2 Å². The van der Waals surface area contributed by atoms with Gasteiger partial charge in [-0.25, -0.2) is 0 Å². The predicted molar refractivity (Wildman–Crippen MR) is 72.9 cm³/mol. The predicted octanol–water partition coefficient (Wildman–Crippen LogP) is 0.439. The second kappa shape index (κ2) is 6.75. The summed E-state index contributed by atoms with van der Waals surface area (Å²) >= 11 is 0. The number of amides is 2. The Kier molecular flexibility index (Phi) is 5.32. The molecule has 0 spiro atoms. The average Bonchev–Trinajstić information content (AvgIpc) is 2.37. The number of nitrogens with two attached hydrogens (primary N) is 1. The summed E-state index contributed by atoms with van der Waals surface area (Å²) in [6, 6.07) is 6.18. The molecule has 0 bridgehead atoms. The minimum Gasteiger partial charge on any atom is -0.484 e. The van der Waals surface area contributed by atoms with Crippen molar-refractivity contribution in [1.82, 2.24) is 4.90 Å². The Morgan fingerprint density at radius 1 is 1.32 bits per heavy atom. The lowest BCUT2D eigenvalue weighted by Gasteiger charge is -2.12. The Bertz CT molecular complexity index is 441. The van der Waals surface area contributed by atoms with Crippen LogP contribution in [0.3, 0.4) is 0 Å². The maximum Gasteiger partial charge on any atom is 0.259 e. The Balaban J connectivity index is 2.52. The molecule has 0 radical (unpaired) electrons. The molecule has 1 aromatic carbocycles. The second-order valence-electron chi connectivity index (χ2n) is 4.38. The molecular formula is C13H19N3O3. The van der Waals surface area contributed by atoms with E-state index in [2.05, 4.69) is 5.32 Å². The summed E-state index contributed by atoms with van der Waals surface area (Å²) in [6.45, 7) is 1.60. The van der Waals surface area contributed by atoms with Gasteiger partial charge >= 0.3 is 0 Å². The summed E-state index contributed by atoms with van der Waals surface area (Å²) in [7, 11) is 3.33. The molecule has 2 amide bonds. The molecule has 1 atom stereocenters. The third kappa shape index (κ3) is 4.97. The second-order valence-corrected chi connectivity index (χ2v) is 4.38. The molecule has 0 aliphatic rings. The molecular weight excluding hydrogens is 246 g/mol. The number of nitrogens with zero attached hydrogens (tertiary/aromatic N) is 1. The number of hydrogen-bond acceptors (Lipinski definition) is 4. The van der Waals surface area contributed by atoms with Crippen molar-refractivity contribution < 1.29 is 14.3 Å². The highest BCUT2D eigenvalue weighted by molar-refractivity contribution is 5.94. The first-order valence-corrected chi connectivity index (χ1v) is 5.89. The van der Waals surface area contributed by atoms with Gasteiger partial charge in [-0.1, -0.05) is 0 Å². The van der Waals surface area contributed by atoms with E-state index in [0.29, 0.717) is 11.4 Å². The van der Waals surface area contributed by atoms with Crippen molar-refractivity contribution in [2.24, 2.45) is 5.73 Å². The quantitative estimate of drug-likeness (QED) is 0.809. The van der Waals surface area contributed by atoms with E-state index in [9.17, 15) is 9.59 Å². The molecule has 0 aliphatic carbocycles. The van der Waals surface area contributed by atoms with Crippen LogP contribution < -0.4 is 15.8 Å². The fourth-order valence-corrected chi connectivity index (χ4v) is 1.16.